The molecule has 1 aliphatic rings. The first-order chi connectivity index (χ1) is 22.3. The molecule has 11 nitrogen and oxygen atoms in total. The van der Waals surface area contributed by atoms with Gasteiger partial charge in [0.2, 0.25) is 17.7 Å². The number of fused-ring (bicyclic) bond motifs is 1. The number of H-pyrrole nitrogens is 1. The number of likely N-dealkylation sites (N-methyl/N-ethyl adjacent to an activating group) is 1. The number of carbonyl (C=O) groups excluding carboxylic acids is 4. The fraction of sp³-hybridized carbons (Fsp3) is 0.444. The fourth-order valence-electron chi connectivity index (χ4n) is 5.95. The van der Waals surface area contributed by atoms with E-state index in [2.05, 4.69) is 15.6 Å². The highest BCUT2D eigenvalue weighted by molar-refractivity contribution is 5.93. The number of esters is 1. The van der Waals surface area contributed by atoms with Gasteiger partial charge >= 0.3 is 5.97 Å². The Bertz CT molecular complexity index is 1580. The Labute approximate surface area is 275 Å². The molecule has 0 saturated heterocycles. The van der Waals surface area contributed by atoms with Crippen molar-refractivity contribution in [2.75, 3.05) is 14.2 Å². The van der Waals surface area contributed by atoms with Crippen molar-refractivity contribution in [2.45, 2.75) is 77.8 Å². The molecule has 1 aliphatic heterocycles. The Morgan fingerprint density at radius 1 is 0.957 bits per heavy atom. The normalized spacial score (nSPS) is 28.4. The maximum absolute atomic E-state index is 14.3. The first-order valence-electron chi connectivity index (χ1n) is 15.9. The maximum atomic E-state index is 14.3. The van der Waals surface area contributed by atoms with Crippen molar-refractivity contribution >= 4 is 34.6 Å². The van der Waals surface area contributed by atoms with Gasteiger partial charge in [-0.05, 0) is 62.4 Å². The van der Waals surface area contributed by atoms with Crippen LogP contribution in [0.15, 0.2) is 66.2 Å². The number of hydrogen-bond acceptors (Lipinski definition) is 7. The molecular formula is C36H46N4O7. The second-order valence-electron chi connectivity index (χ2n) is 12.6. The molecule has 11 heteroatoms. The summed E-state index contributed by atoms with van der Waals surface area (Å²) in [6.07, 6.45) is 0.719. The van der Waals surface area contributed by atoms with Crippen LogP contribution >= 0.6 is 0 Å². The van der Waals surface area contributed by atoms with Gasteiger partial charge in [0.05, 0.1) is 6.04 Å². The van der Waals surface area contributed by atoms with Crippen molar-refractivity contribution in [2.24, 2.45) is 11.8 Å². The molecule has 4 N–H and O–H groups in total. The molecule has 0 unspecified atom stereocenters. The number of aromatic hydroxyl groups is 1. The molecule has 0 radical (unpaired) electrons. The molecule has 7 atom stereocenters. The smallest absolute Gasteiger partial charge is 0.338 e. The molecule has 0 spiro atoms. The lowest BCUT2D eigenvalue weighted by Gasteiger charge is -2.33. The molecule has 47 heavy (non-hydrogen) atoms. The average molecular weight is 647 g/mol. The molecule has 4 rings (SSSR count). The van der Waals surface area contributed by atoms with Gasteiger partial charge in [-0.1, -0.05) is 55.8 Å². The minimum absolute atomic E-state index is 0.00813. The maximum Gasteiger partial charge on any atom is 0.338 e. The minimum atomic E-state index is -1.25. The van der Waals surface area contributed by atoms with Gasteiger partial charge in [-0.3, -0.25) is 14.4 Å². The van der Waals surface area contributed by atoms with E-state index in [0.29, 0.717) is 17.7 Å². The van der Waals surface area contributed by atoms with Crippen LogP contribution in [0, 0.1) is 11.8 Å². The molecule has 0 fully saturated rings. The number of ether oxygens (including phenoxy) is 2. The van der Waals surface area contributed by atoms with E-state index in [1.165, 1.54) is 31.2 Å². The highest BCUT2D eigenvalue weighted by Crippen LogP contribution is 2.26. The number of amides is 3. The van der Waals surface area contributed by atoms with Gasteiger partial charge in [0, 0.05) is 43.6 Å². The van der Waals surface area contributed by atoms with Crippen molar-refractivity contribution in [1.29, 1.82) is 0 Å². The first-order valence-corrected chi connectivity index (χ1v) is 15.9. The Morgan fingerprint density at radius 2 is 1.64 bits per heavy atom. The summed E-state index contributed by atoms with van der Waals surface area (Å²) in [7, 11) is 2.88. The van der Waals surface area contributed by atoms with Gasteiger partial charge in [-0.15, -0.1) is 0 Å². The summed E-state index contributed by atoms with van der Waals surface area (Å²) in [6, 6.07) is 12.7. The molecule has 2 heterocycles. The summed E-state index contributed by atoms with van der Waals surface area (Å²) in [4.78, 5) is 59.6. The standard InChI is InChI=1S/C36H46N4O7/c1-20-16-21(2)24(5)47-36(45)32(46-7)31(25-12-14-28(41)15-13-25)39-34(43)30(19-27-18-26-10-8-9-11-29(26)38-27)40(6)35(44)23(4)37-33(42)22(3)17-20/h8-16,18,21-24,30-32,38,41H,17,19H2,1-7H3,(H,37,42)(H,39,43)/b20-16-/t21-,22+,23+,24-,30+,31+,32-/m0/s1. The van der Waals surface area contributed by atoms with E-state index in [4.69, 9.17) is 9.47 Å². The van der Waals surface area contributed by atoms with E-state index in [-0.39, 0.29) is 24.0 Å². The number of cyclic esters (lactones) is 1. The lowest BCUT2D eigenvalue weighted by atomic mass is 9.95. The number of phenols is 1. The Kier molecular flexibility index (Phi) is 11.5. The Balaban J connectivity index is 1.78. The molecule has 0 aliphatic carbocycles. The zero-order valence-electron chi connectivity index (χ0n) is 28.1. The van der Waals surface area contributed by atoms with Gasteiger partial charge in [-0.2, -0.15) is 0 Å². The summed E-state index contributed by atoms with van der Waals surface area (Å²) in [5.41, 5.74) is 3.02. The fourth-order valence-corrected chi connectivity index (χ4v) is 5.95. The number of nitrogens with one attached hydrogen (secondary N) is 3. The summed E-state index contributed by atoms with van der Waals surface area (Å²) >= 11 is 0. The van der Waals surface area contributed by atoms with E-state index in [0.717, 1.165) is 16.5 Å². The number of nitrogens with zero attached hydrogens (tertiary/aromatic N) is 1. The lowest BCUT2D eigenvalue weighted by Crippen LogP contribution is -2.56. The number of carbonyl (C=O) groups is 4. The Morgan fingerprint density at radius 3 is 2.30 bits per heavy atom. The number of allylic oxidation sites excluding steroid dienone is 1. The van der Waals surface area contributed by atoms with Crippen LogP contribution in [0.2, 0.25) is 0 Å². The van der Waals surface area contributed by atoms with Crippen LogP contribution in [0.25, 0.3) is 10.9 Å². The quantitative estimate of drug-likeness (QED) is 0.246. The van der Waals surface area contributed by atoms with Gasteiger partial charge < -0.3 is 35.1 Å². The number of benzene rings is 2. The lowest BCUT2D eigenvalue weighted by molar-refractivity contribution is -0.164. The van der Waals surface area contributed by atoms with Gasteiger partial charge in [0.1, 0.15) is 23.9 Å². The van der Waals surface area contributed by atoms with Crippen LogP contribution < -0.4 is 10.6 Å². The van der Waals surface area contributed by atoms with Gasteiger partial charge in [0.25, 0.3) is 0 Å². The predicted octanol–water partition coefficient (Wildman–Crippen LogP) is 4.17. The molecule has 0 bridgehead atoms. The monoisotopic (exact) mass is 646 g/mol. The minimum Gasteiger partial charge on any atom is -0.508 e. The first kappa shape index (κ1) is 35.2. The van der Waals surface area contributed by atoms with Crippen LogP contribution in [-0.4, -0.2) is 77.1 Å². The van der Waals surface area contributed by atoms with E-state index < -0.39 is 54.0 Å². The Hall–Kier alpha value is -4.64. The molecule has 0 saturated carbocycles. The van der Waals surface area contributed by atoms with Crippen LogP contribution in [0.3, 0.4) is 0 Å². The van der Waals surface area contributed by atoms with Gasteiger partial charge in [-0.25, -0.2) is 4.79 Å². The van der Waals surface area contributed by atoms with Crippen LogP contribution in [0.4, 0.5) is 0 Å². The molecule has 252 valence electrons. The number of hydrogen-bond donors (Lipinski definition) is 4. The second kappa shape index (κ2) is 15.3. The van der Waals surface area contributed by atoms with Crippen LogP contribution in [-0.2, 0) is 35.1 Å². The molecular weight excluding hydrogens is 600 g/mol. The molecule has 3 aromatic rings. The summed E-state index contributed by atoms with van der Waals surface area (Å²) in [6.45, 7) is 9.00. The predicted molar refractivity (Wildman–Crippen MR) is 178 cm³/mol. The van der Waals surface area contributed by atoms with Crippen molar-refractivity contribution in [1.82, 2.24) is 20.5 Å². The topological polar surface area (TPSA) is 150 Å². The van der Waals surface area contributed by atoms with Crippen LogP contribution in [0.5, 0.6) is 5.75 Å². The van der Waals surface area contributed by atoms with E-state index in [1.807, 2.05) is 50.3 Å². The summed E-state index contributed by atoms with van der Waals surface area (Å²) in [5.74, 6) is -2.59. The number of methoxy groups -OCH3 is 1. The average Bonchev–Trinajstić information content (AvgIpc) is 3.45. The molecule has 3 amide bonds. The number of para-hydroxylation sites is 1. The summed E-state index contributed by atoms with van der Waals surface area (Å²) < 4.78 is 11.5. The van der Waals surface area contributed by atoms with E-state index >= 15 is 0 Å². The number of rotatable bonds is 4. The number of phenolic OH excluding ortho intramolecular Hbond substituents is 1. The SMILES string of the molecule is CO[C@@H]1C(=O)O[C@@H](C)[C@@H](C)/C=C(/C)C[C@@H](C)C(=O)N[C@H](C)C(=O)N(C)[C@H](Cc2cc3ccccc3[nH]2)C(=O)N[C@@H]1c1ccc(O)cc1. The molecule has 1 aromatic heterocycles. The zero-order chi connectivity index (χ0) is 34.4. The second-order valence-corrected chi connectivity index (χ2v) is 12.6. The third kappa shape index (κ3) is 8.59. The van der Waals surface area contributed by atoms with Crippen molar-refractivity contribution in [3.05, 3.63) is 77.5 Å². The highest BCUT2D eigenvalue weighted by atomic mass is 16.6. The van der Waals surface area contributed by atoms with E-state index in [1.54, 1.807) is 32.9 Å². The van der Waals surface area contributed by atoms with Crippen molar-refractivity contribution in [3.8, 4) is 5.75 Å². The molecule has 2 aromatic carbocycles. The number of aromatic nitrogens is 1. The van der Waals surface area contributed by atoms with E-state index in [9.17, 15) is 24.3 Å². The highest BCUT2D eigenvalue weighted by Gasteiger charge is 2.38. The third-order valence-corrected chi connectivity index (χ3v) is 8.85. The zero-order valence-corrected chi connectivity index (χ0v) is 28.1. The summed E-state index contributed by atoms with van der Waals surface area (Å²) in [5, 5.41) is 16.7. The third-order valence-electron chi connectivity index (χ3n) is 8.85. The van der Waals surface area contributed by atoms with Crippen molar-refractivity contribution < 1.29 is 33.8 Å². The van der Waals surface area contributed by atoms with Crippen molar-refractivity contribution in [3.63, 3.8) is 0 Å². The van der Waals surface area contributed by atoms with Gasteiger partial charge in [0.15, 0.2) is 6.10 Å². The van der Waals surface area contributed by atoms with Crippen LogP contribution in [0.1, 0.15) is 58.3 Å². The largest absolute Gasteiger partial charge is 0.508 e. The number of aromatic amines is 1.